The van der Waals surface area contributed by atoms with E-state index in [0.29, 0.717) is 0 Å². The van der Waals surface area contributed by atoms with Crippen molar-refractivity contribution in [1.29, 1.82) is 0 Å². The van der Waals surface area contributed by atoms with E-state index in [9.17, 15) is 0 Å². The van der Waals surface area contributed by atoms with Crippen LogP contribution in [-0.2, 0) is 11.2 Å². The van der Waals surface area contributed by atoms with Crippen LogP contribution in [0.15, 0.2) is 23.2 Å². The highest BCUT2D eigenvalue weighted by molar-refractivity contribution is 14.0. The average Bonchev–Trinajstić information content (AvgIpc) is 2.62. The number of aryl methyl sites for hydroxylation is 1. The molecule has 0 amide bonds. The number of guanidine groups is 1. The van der Waals surface area contributed by atoms with Gasteiger partial charge in [0, 0.05) is 46.9 Å². The van der Waals surface area contributed by atoms with Crippen LogP contribution in [0, 0.1) is 6.92 Å². The Hall–Kier alpha value is -1.06. The first kappa shape index (κ1) is 24.9. The van der Waals surface area contributed by atoms with Crippen molar-refractivity contribution in [3.05, 3.63) is 29.3 Å². The molecular formula is C19H35IN4O2. The van der Waals surface area contributed by atoms with E-state index in [1.165, 1.54) is 5.56 Å². The van der Waals surface area contributed by atoms with Gasteiger partial charge < -0.3 is 25.0 Å². The quantitative estimate of drug-likeness (QED) is 0.221. The predicted octanol–water partition coefficient (Wildman–Crippen LogP) is 2.30. The first-order chi connectivity index (χ1) is 12.1. The maximum atomic E-state index is 5.38. The number of hydrogen-bond acceptors (Lipinski definition) is 4. The maximum Gasteiger partial charge on any atom is 0.191 e. The zero-order valence-electron chi connectivity index (χ0n) is 16.8. The molecule has 0 bridgehead atoms. The molecule has 2 N–H and O–H groups in total. The number of aliphatic imine (C=N–C) groups is 1. The monoisotopic (exact) mass is 478 g/mol. The Balaban J connectivity index is 0.00000625. The number of nitrogens with one attached hydrogen (secondary N) is 2. The predicted molar refractivity (Wildman–Crippen MR) is 120 cm³/mol. The molecule has 0 aromatic heterocycles. The summed E-state index contributed by atoms with van der Waals surface area (Å²) in [5.74, 6) is 1.78. The van der Waals surface area contributed by atoms with Gasteiger partial charge in [-0.15, -0.1) is 24.0 Å². The van der Waals surface area contributed by atoms with Crippen molar-refractivity contribution >= 4 is 29.9 Å². The molecule has 6 nitrogen and oxygen atoms in total. The lowest BCUT2D eigenvalue weighted by molar-refractivity contribution is 0.180. The van der Waals surface area contributed by atoms with E-state index in [1.54, 1.807) is 21.3 Å². The molecular weight excluding hydrogens is 443 g/mol. The minimum Gasteiger partial charge on any atom is -0.496 e. The van der Waals surface area contributed by atoms with Gasteiger partial charge in [-0.2, -0.15) is 0 Å². The molecule has 1 aromatic rings. The molecule has 0 saturated heterocycles. The Bertz CT molecular complexity index is 526. The average molecular weight is 478 g/mol. The molecule has 26 heavy (non-hydrogen) atoms. The number of nitrogens with zero attached hydrogens (tertiary/aromatic N) is 2. The van der Waals surface area contributed by atoms with Crippen molar-refractivity contribution in [2.75, 3.05) is 61.1 Å². The number of benzene rings is 1. The molecule has 0 saturated carbocycles. The van der Waals surface area contributed by atoms with E-state index < -0.39 is 0 Å². The van der Waals surface area contributed by atoms with E-state index >= 15 is 0 Å². The molecule has 0 spiro atoms. The number of methoxy groups -OCH3 is 2. The number of halogens is 1. The summed E-state index contributed by atoms with van der Waals surface area (Å²) in [6.45, 7) is 6.57. The minimum absolute atomic E-state index is 0. The first-order valence-corrected chi connectivity index (χ1v) is 8.86. The van der Waals surface area contributed by atoms with Crippen molar-refractivity contribution < 1.29 is 9.47 Å². The van der Waals surface area contributed by atoms with Gasteiger partial charge in [0.05, 0.1) is 7.11 Å². The van der Waals surface area contributed by atoms with E-state index in [2.05, 4.69) is 52.7 Å². The van der Waals surface area contributed by atoms with Crippen molar-refractivity contribution in [3.63, 3.8) is 0 Å². The zero-order valence-corrected chi connectivity index (χ0v) is 19.1. The lowest BCUT2D eigenvalue weighted by atomic mass is 10.1. The van der Waals surface area contributed by atoms with E-state index in [4.69, 9.17) is 9.47 Å². The Kier molecular flexibility index (Phi) is 14.4. The van der Waals surface area contributed by atoms with Gasteiger partial charge in [0.2, 0.25) is 0 Å². The lowest BCUT2D eigenvalue weighted by Crippen LogP contribution is -2.41. The topological polar surface area (TPSA) is 58.1 Å². The van der Waals surface area contributed by atoms with Gasteiger partial charge in [-0.05, 0) is 44.0 Å². The van der Waals surface area contributed by atoms with Gasteiger partial charge in [0.15, 0.2) is 5.96 Å². The summed E-state index contributed by atoms with van der Waals surface area (Å²) in [5, 5.41) is 6.71. The van der Waals surface area contributed by atoms with Crippen molar-refractivity contribution in [3.8, 4) is 5.75 Å². The van der Waals surface area contributed by atoms with Crippen molar-refractivity contribution in [1.82, 2.24) is 15.5 Å². The molecule has 0 heterocycles. The Morgan fingerprint density at radius 2 is 1.88 bits per heavy atom. The van der Waals surface area contributed by atoms with Crippen LogP contribution in [0.3, 0.4) is 0 Å². The molecule has 7 heteroatoms. The molecule has 0 atom stereocenters. The van der Waals surface area contributed by atoms with Crippen LogP contribution in [-0.4, -0.2) is 72.0 Å². The largest absolute Gasteiger partial charge is 0.496 e. The van der Waals surface area contributed by atoms with Crippen LogP contribution in [0.5, 0.6) is 5.75 Å². The van der Waals surface area contributed by atoms with Crippen LogP contribution < -0.4 is 15.4 Å². The third-order valence-corrected chi connectivity index (χ3v) is 4.08. The van der Waals surface area contributed by atoms with Gasteiger partial charge in [-0.3, -0.25) is 4.99 Å². The summed E-state index contributed by atoms with van der Waals surface area (Å²) in [6, 6.07) is 6.34. The van der Waals surface area contributed by atoms with Crippen LogP contribution in [0.4, 0.5) is 0 Å². The maximum absolute atomic E-state index is 5.38. The third kappa shape index (κ3) is 10.2. The molecule has 0 aliphatic carbocycles. The molecule has 150 valence electrons. The fraction of sp³-hybridized carbons (Fsp3) is 0.632. The molecule has 0 aliphatic rings. The van der Waals surface area contributed by atoms with Crippen LogP contribution in [0.2, 0.25) is 0 Å². The molecule has 0 aliphatic heterocycles. The third-order valence-electron chi connectivity index (χ3n) is 4.08. The Morgan fingerprint density at radius 3 is 2.54 bits per heavy atom. The number of likely N-dealkylation sites (N-methyl/N-ethyl adjacent to an activating group) is 1. The standard InChI is InChI=1S/C19H34N4O2.HI/c1-16-7-8-17(15-18(16)25-5)9-10-21-19(20-2)22-11-13-23(3)12-6-14-24-4;/h7-8,15H,6,9-14H2,1-5H3,(H2,20,21,22);1H. The molecule has 0 fully saturated rings. The van der Waals surface area contributed by atoms with Crippen LogP contribution >= 0.6 is 24.0 Å². The number of hydrogen-bond donors (Lipinski definition) is 2. The zero-order chi connectivity index (χ0) is 18.5. The van der Waals surface area contributed by atoms with E-state index in [1.807, 2.05) is 0 Å². The van der Waals surface area contributed by atoms with Crippen LogP contribution in [0.1, 0.15) is 17.5 Å². The van der Waals surface area contributed by atoms with E-state index in [0.717, 1.165) is 62.9 Å². The second-order valence-electron chi connectivity index (χ2n) is 6.13. The summed E-state index contributed by atoms with van der Waals surface area (Å²) in [6.07, 6.45) is 1.98. The SMILES string of the molecule is CN=C(NCCc1ccc(C)c(OC)c1)NCCN(C)CCCOC.I. The smallest absolute Gasteiger partial charge is 0.191 e. The number of ether oxygens (including phenoxy) is 2. The van der Waals surface area contributed by atoms with Crippen molar-refractivity contribution in [2.45, 2.75) is 19.8 Å². The summed E-state index contributed by atoms with van der Waals surface area (Å²) < 4.78 is 10.5. The summed E-state index contributed by atoms with van der Waals surface area (Å²) in [7, 11) is 7.37. The number of rotatable bonds is 11. The Morgan fingerprint density at radius 1 is 1.15 bits per heavy atom. The van der Waals surface area contributed by atoms with Gasteiger partial charge in [-0.25, -0.2) is 0 Å². The fourth-order valence-corrected chi connectivity index (χ4v) is 2.52. The normalized spacial score (nSPS) is 11.2. The summed E-state index contributed by atoms with van der Waals surface area (Å²) in [5.41, 5.74) is 2.41. The highest BCUT2D eigenvalue weighted by atomic mass is 127. The van der Waals surface area contributed by atoms with Crippen LogP contribution in [0.25, 0.3) is 0 Å². The molecule has 1 rings (SSSR count). The first-order valence-electron chi connectivity index (χ1n) is 8.86. The van der Waals surface area contributed by atoms with Gasteiger partial charge in [0.1, 0.15) is 5.75 Å². The van der Waals surface area contributed by atoms with Gasteiger partial charge >= 0.3 is 0 Å². The minimum atomic E-state index is 0. The van der Waals surface area contributed by atoms with Gasteiger partial charge in [0.25, 0.3) is 0 Å². The summed E-state index contributed by atoms with van der Waals surface area (Å²) >= 11 is 0. The van der Waals surface area contributed by atoms with Crippen molar-refractivity contribution in [2.24, 2.45) is 4.99 Å². The highest BCUT2D eigenvalue weighted by Gasteiger charge is 2.03. The highest BCUT2D eigenvalue weighted by Crippen LogP contribution is 2.18. The molecule has 0 unspecified atom stereocenters. The lowest BCUT2D eigenvalue weighted by Gasteiger charge is -2.18. The van der Waals surface area contributed by atoms with Gasteiger partial charge in [-0.1, -0.05) is 12.1 Å². The fourth-order valence-electron chi connectivity index (χ4n) is 2.52. The van der Waals surface area contributed by atoms with E-state index in [-0.39, 0.29) is 24.0 Å². The second-order valence-corrected chi connectivity index (χ2v) is 6.13. The summed E-state index contributed by atoms with van der Waals surface area (Å²) in [4.78, 5) is 6.56. The second kappa shape index (κ2) is 15.0. The Labute approximate surface area is 175 Å². The molecule has 0 radical (unpaired) electrons. The molecule has 1 aromatic carbocycles.